The molecule has 2 nitrogen and oxygen atoms in total. The fourth-order valence-corrected chi connectivity index (χ4v) is 2.52. The van der Waals surface area contributed by atoms with Crippen LogP contribution in [0, 0.1) is 5.92 Å². The predicted octanol–water partition coefficient (Wildman–Crippen LogP) is 1.86. The minimum absolute atomic E-state index is 0.714. The monoisotopic (exact) mass is 196 g/mol. The van der Waals surface area contributed by atoms with Crippen LogP contribution in [0.5, 0.6) is 0 Å². The Morgan fingerprint density at radius 1 is 1.21 bits per heavy atom. The Kier molecular flexibility index (Phi) is 3.13. The predicted molar refractivity (Wildman–Crippen MR) is 60.4 cm³/mol. The maximum Gasteiger partial charge on any atom is 0.0235 e. The number of nitrogens with one attached hydrogen (secondary N) is 1. The second-order valence-corrected chi connectivity index (χ2v) is 5.43. The molecule has 1 saturated heterocycles. The van der Waals surface area contributed by atoms with E-state index in [0.717, 1.165) is 18.0 Å². The average Bonchev–Trinajstić information content (AvgIpc) is 2.40. The number of nitrogens with zero attached hydrogens (tertiary/aromatic N) is 1. The van der Waals surface area contributed by atoms with E-state index in [1.165, 1.54) is 32.4 Å². The zero-order chi connectivity index (χ0) is 10.1. The highest BCUT2D eigenvalue weighted by atomic mass is 15.2. The fraction of sp³-hybridized carbons (Fsp3) is 1.00. The molecule has 2 heteroatoms. The summed E-state index contributed by atoms with van der Waals surface area (Å²) in [7, 11) is 0. The van der Waals surface area contributed by atoms with Crippen LogP contribution in [0.25, 0.3) is 0 Å². The number of hydrogen-bond acceptors (Lipinski definition) is 2. The third-order valence-corrected chi connectivity index (χ3v) is 3.93. The van der Waals surface area contributed by atoms with Gasteiger partial charge in [-0.3, -0.25) is 4.90 Å². The lowest BCUT2D eigenvalue weighted by Crippen LogP contribution is -2.46. The second kappa shape index (κ2) is 4.19. The van der Waals surface area contributed by atoms with E-state index in [0.29, 0.717) is 6.04 Å². The Labute approximate surface area is 88.1 Å². The summed E-state index contributed by atoms with van der Waals surface area (Å²) in [5.74, 6) is 0.831. The van der Waals surface area contributed by atoms with Crippen LogP contribution in [0.4, 0.5) is 0 Å². The largest absolute Gasteiger partial charge is 0.310 e. The summed E-state index contributed by atoms with van der Waals surface area (Å²) in [6.45, 7) is 9.53. The van der Waals surface area contributed by atoms with E-state index >= 15 is 0 Å². The minimum atomic E-state index is 0.714. The Morgan fingerprint density at radius 3 is 2.36 bits per heavy atom. The highest BCUT2D eigenvalue weighted by molar-refractivity contribution is 4.91. The lowest BCUT2D eigenvalue weighted by molar-refractivity contribution is 0.253. The molecule has 0 amide bonds. The highest BCUT2D eigenvalue weighted by Gasteiger charge is 2.33. The quantitative estimate of drug-likeness (QED) is 0.741. The van der Waals surface area contributed by atoms with Gasteiger partial charge in [0.1, 0.15) is 0 Å². The third kappa shape index (κ3) is 2.12. The van der Waals surface area contributed by atoms with Gasteiger partial charge in [0.05, 0.1) is 0 Å². The molecule has 2 unspecified atom stereocenters. The molecule has 0 radical (unpaired) electrons. The summed E-state index contributed by atoms with van der Waals surface area (Å²) < 4.78 is 0. The topological polar surface area (TPSA) is 15.3 Å². The van der Waals surface area contributed by atoms with Crippen LogP contribution >= 0.6 is 0 Å². The van der Waals surface area contributed by atoms with Crippen molar-refractivity contribution in [3.05, 3.63) is 0 Å². The molecule has 82 valence electrons. The van der Waals surface area contributed by atoms with Crippen molar-refractivity contribution in [1.82, 2.24) is 10.2 Å². The summed E-state index contributed by atoms with van der Waals surface area (Å²) in [5.41, 5.74) is 0. The van der Waals surface area contributed by atoms with E-state index in [1.54, 1.807) is 0 Å². The van der Waals surface area contributed by atoms with Crippen molar-refractivity contribution in [2.45, 2.75) is 58.2 Å². The average molecular weight is 196 g/mol. The van der Waals surface area contributed by atoms with Gasteiger partial charge in [-0.2, -0.15) is 0 Å². The molecule has 0 aromatic carbocycles. The maximum atomic E-state index is 3.81. The first-order chi connectivity index (χ1) is 6.66. The van der Waals surface area contributed by atoms with Gasteiger partial charge in [0, 0.05) is 31.2 Å². The van der Waals surface area contributed by atoms with E-state index in [4.69, 9.17) is 0 Å². The molecule has 1 heterocycles. The Balaban J connectivity index is 1.81. The smallest absolute Gasteiger partial charge is 0.0235 e. The molecular formula is C12H24N2. The molecule has 1 aliphatic carbocycles. The maximum absolute atomic E-state index is 3.81. The van der Waals surface area contributed by atoms with Gasteiger partial charge in [-0.25, -0.2) is 0 Å². The van der Waals surface area contributed by atoms with Crippen LogP contribution in [-0.4, -0.2) is 36.1 Å². The molecule has 2 fully saturated rings. The molecule has 2 atom stereocenters. The van der Waals surface area contributed by atoms with Gasteiger partial charge in [-0.05, 0) is 32.6 Å². The van der Waals surface area contributed by atoms with Crippen molar-refractivity contribution >= 4 is 0 Å². The van der Waals surface area contributed by atoms with E-state index < -0.39 is 0 Å². The summed E-state index contributed by atoms with van der Waals surface area (Å²) in [6.07, 6.45) is 4.25. The van der Waals surface area contributed by atoms with Gasteiger partial charge in [0.25, 0.3) is 0 Å². The molecule has 2 aliphatic rings. The molecule has 14 heavy (non-hydrogen) atoms. The normalized spacial score (nSPS) is 35.1. The van der Waals surface area contributed by atoms with Crippen molar-refractivity contribution in [3.63, 3.8) is 0 Å². The van der Waals surface area contributed by atoms with Gasteiger partial charge in [0.2, 0.25) is 0 Å². The highest BCUT2D eigenvalue weighted by Crippen LogP contribution is 2.24. The van der Waals surface area contributed by atoms with E-state index in [2.05, 4.69) is 31.0 Å². The van der Waals surface area contributed by atoms with E-state index in [-0.39, 0.29) is 0 Å². The molecule has 0 spiro atoms. The van der Waals surface area contributed by atoms with Crippen LogP contribution in [0.3, 0.4) is 0 Å². The molecule has 0 aromatic rings. The van der Waals surface area contributed by atoms with Gasteiger partial charge >= 0.3 is 0 Å². The zero-order valence-corrected chi connectivity index (χ0v) is 9.79. The van der Waals surface area contributed by atoms with Crippen LogP contribution in [0.1, 0.15) is 40.0 Å². The summed E-state index contributed by atoms with van der Waals surface area (Å²) in [6, 6.07) is 2.31. The second-order valence-electron chi connectivity index (χ2n) is 5.43. The molecule has 0 aromatic heterocycles. The van der Waals surface area contributed by atoms with Gasteiger partial charge in [-0.15, -0.1) is 0 Å². The van der Waals surface area contributed by atoms with Crippen LogP contribution in [0.15, 0.2) is 0 Å². The fourth-order valence-electron chi connectivity index (χ4n) is 2.52. The van der Waals surface area contributed by atoms with Crippen molar-refractivity contribution in [2.75, 3.05) is 13.1 Å². The standard InChI is InChI=1S/C12H24N2/c1-9(2)14-7-10(3)12(8-14)13-11-5-4-6-11/h9-13H,4-8H2,1-3H3. The Morgan fingerprint density at radius 2 is 1.93 bits per heavy atom. The first-order valence-electron chi connectivity index (χ1n) is 6.17. The molecule has 1 saturated carbocycles. The van der Waals surface area contributed by atoms with Crippen molar-refractivity contribution < 1.29 is 0 Å². The lowest BCUT2D eigenvalue weighted by Gasteiger charge is -2.31. The minimum Gasteiger partial charge on any atom is -0.310 e. The SMILES string of the molecule is CC1CN(C(C)C)CC1NC1CCC1. The van der Waals surface area contributed by atoms with E-state index in [9.17, 15) is 0 Å². The van der Waals surface area contributed by atoms with Gasteiger partial charge in [-0.1, -0.05) is 13.3 Å². The zero-order valence-electron chi connectivity index (χ0n) is 9.79. The van der Waals surface area contributed by atoms with Gasteiger partial charge < -0.3 is 5.32 Å². The third-order valence-electron chi connectivity index (χ3n) is 3.93. The number of likely N-dealkylation sites (tertiary alicyclic amines) is 1. The molecular weight excluding hydrogens is 172 g/mol. The van der Waals surface area contributed by atoms with Crippen LogP contribution in [0.2, 0.25) is 0 Å². The van der Waals surface area contributed by atoms with Crippen LogP contribution < -0.4 is 5.32 Å². The first-order valence-corrected chi connectivity index (χ1v) is 6.17. The summed E-state index contributed by atoms with van der Waals surface area (Å²) in [5, 5.41) is 3.81. The first kappa shape index (κ1) is 10.4. The summed E-state index contributed by atoms with van der Waals surface area (Å²) in [4.78, 5) is 2.60. The molecule has 1 N–H and O–H groups in total. The Bertz CT molecular complexity index is 187. The molecule has 2 rings (SSSR count). The van der Waals surface area contributed by atoms with Gasteiger partial charge in [0.15, 0.2) is 0 Å². The summed E-state index contributed by atoms with van der Waals surface area (Å²) >= 11 is 0. The molecule has 0 bridgehead atoms. The number of hydrogen-bond donors (Lipinski definition) is 1. The van der Waals surface area contributed by atoms with Crippen LogP contribution in [-0.2, 0) is 0 Å². The van der Waals surface area contributed by atoms with Crippen molar-refractivity contribution in [3.8, 4) is 0 Å². The number of rotatable bonds is 3. The van der Waals surface area contributed by atoms with E-state index in [1.807, 2.05) is 0 Å². The Hall–Kier alpha value is -0.0800. The molecule has 1 aliphatic heterocycles. The lowest BCUT2D eigenvalue weighted by atomic mass is 9.91. The van der Waals surface area contributed by atoms with Crippen molar-refractivity contribution in [2.24, 2.45) is 5.92 Å². The van der Waals surface area contributed by atoms with Crippen molar-refractivity contribution in [1.29, 1.82) is 0 Å².